The van der Waals surface area contributed by atoms with Crippen LogP contribution in [-0.4, -0.2) is 6.54 Å². The van der Waals surface area contributed by atoms with Crippen LogP contribution in [0, 0.1) is 0 Å². The summed E-state index contributed by atoms with van der Waals surface area (Å²) < 4.78 is 0. The standard InChI is InChI=1S/C13H21N/c1-13(2,3)12-9-5-4-7-11(12)8-6-10-14/h4-5,7,9H,6,8,10,14H2,1-3H3. The van der Waals surface area contributed by atoms with Gasteiger partial charge in [-0.25, -0.2) is 0 Å². The molecule has 0 aliphatic carbocycles. The second-order valence-electron chi connectivity index (χ2n) is 4.80. The first-order valence-electron chi connectivity index (χ1n) is 5.34. The SMILES string of the molecule is CC(C)(C)c1ccccc1CCCN. The molecule has 0 amide bonds. The molecule has 1 heteroatoms. The second-order valence-corrected chi connectivity index (χ2v) is 4.80. The fourth-order valence-corrected chi connectivity index (χ4v) is 1.76. The molecule has 0 atom stereocenters. The van der Waals surface area contributed by atoms with Crippen LogP contribution in [0.3, 0.4) is 0 Å². The average molecular weight is 191 g/mol. The summed E-state index contributed by atoms with van der Waals surface area (Å²) >= 11 is 0. The molecule has 14 heavy (non-hydrogen) atoms. The van der Waals surface area contributed by atoms with Crippen LogP contribution >= 0.6 is 0 Å². The van der Waals surface area contributed by atoms with Gasteiger partial charge in [-0.1, -0.05) is 45.0 Å². The number of hydrogen-bond donors (Lipinski definition) is 1. The summed E-state index contributed by atoms with van der Waals surface area (Å²) in [5, 5.41) is 0. The van der Waals surface area contributed by atoms with Gasteiger partial charge in [-0.2, -0.15) is 0 Å². The fraction of sp³-hybridized carbons (Fsp3) is 0.538. The molecule has 1 rings (SSSR count). The second kappa shape index (κ2) is 4.61. The van der Waals surface area contributed by atoms with Gasteiger partial charge in [-0.3, -0.25) is 0 Å². The summed E-state index contributed by atoms with van der Waals surface area (Å²) in [5.74, 6) is 0. The lowest BCUT2D eigenvalue weighted by Gasteiger charge is -2.22. The molecule has 0 radical (unpaired) electrons. The van der Waals surface area contributed by atoms with Crippen LogP contribution in [0.5, 0.6) is 0 Å². The maximum atomic E-state index is 5.54. The number of rotatable bonds is 3. The van der Waals surface area contributed by atoms with Crippen molar-refractivity contribution in [2.24, 2.45) is 5.73 Å². The molecule has 2 N–H and O–H groups in total. The van der Waals surface area contributed by atoms with Crippen LogP contribution in [0.25, 0.3) is 0 Å². The Bertz CT molecular complexity index is 284. The molecule has 78 valence electrons. The summed E-state index contributed by atoms with van der Waals surface area (Å²) in [6, 6.07) is 8.68. The smallest absolute Gasteiger partial charge is 0.00741 e. The monoisotopic (exact) mass is 191 g/mol. The first-order chi connectivity index (χ1) is 6.55. The van der Waals surface area contributed by atoms with E-state index in [-0.39, 0.29) is 5.41 Å². The van der Waals surface area contributed by atoms with E-state index in [4.69, 9.17) is 5.73 Å². The summed E-state index contributed by atoms with van der Waals surface area (Å²) in [5.41, 5.74) is 8.68. The van der Waals surface area contributed by atoms with Gasteiger partial charge in [0.2, 0.25) is 0 Å². The summed E-state index contributed by atoms with van der Waals surface area (Å²) in [6.07, 6.45) is 2.18. The third-order valence-corrected chi connectivity index (χ3v) is 2.48. The summed E-state index contributed by atoms with van der Waals surface area (Å²) in [4.78, 5) is 0. The van der Waals surface area contributed by atoms with Crippen LogP contribution in [0.4, 0.5) is 0 Å². The first kappa shape index (κ1) is 11.3. The van der Waals surface area contributed by atoms with E-state index in [9.17, 15) is 0 Å². The summed E-state index contributed by atoms with van der Waals surface area (Å²) in [7, 11) is 0. The molecule has 0 aliphatic heterocycles. The quantitative estimate of drug-likeness (QED) is 0.781. The highest BCUT2D eigenvalue weighted by atomic mass is 14.5. The highest BCUT2D eigenvalue weighted by Gasteiger charge is 2.16. The molecule has 0 bridgehead atoms. The molecule has 0 spiro atoms. The Kier molecular flexibility index (Phi) is 3.70. The molecule has 1 nitrogen and oxygen atoms in total. The lowest BCUT2D eigenvalue weighted by Crippen LogP contribution is -2.14. The van der Waals surface area contributed by atoms with Crippen LogP contribution < -0.4 is 5.73 Å². The molecular formula is C13H21N. The largest absolute Gasteiger partial charge is 0.330 e. The minimum absolute atomic E-state index is 0.241. The van der Waals surface area contributed by atoms with Gasteiger partial charge in [-0.05, 0) is 35.9 Å². The molecule has 1 aromatic rings. The first-order valence-corrected chi connectivity index (χ1v) is 5.34. The number of aryl methyl sites for hydroxylation is 1. The van der Waals surface area contributed by atoms with Gasteiger partial charge < -0.3 is 5.73 Å². The maximum absolute atomic E-state index is 5.54. The zero-order chi connectivity index (χ0) is 10.6. The molecule has 0 aliphatic rings. The molecular weight excluding hydrogens is 170 g/mol. The summed E-state index contributed by atoms with van der Waals surface area (Å²) in [6.45, 7) is 7.55. The Hall–Kier alpha value is -0.820. The third-order valence-electron chi connectivity index (χ3n) is 2.48. The van der Waals surface area contributed by atoms with E-state index in [2.05, 4.69) is 45.0 Å². The van der Waals surface area contributed by atoms with E-state index in [0.29, 0.717) is 0 Å². The maximum Gasteiger partial charge on any atom is -0.00741 e. The van der Waals surface area contributed by atoms with Gasteiger partial charge in [-0.15, -0.1) is 0 Å². The van der Waals surface area contributed by atoms with Crippen molar-refractivity contribution in [1.82, 2.24) is 0 Å². The van der Waals surface area contributed by atoms with Gasteiger partial charge in [0.15, 0.2) is 0 Å². The molecule has 0 saturated heterocycles. The fourth-order valence-electron chi connectivity index (χ4n) is 1.76. The van der Waals surface area contributed by atoms with Crippen molar-refractivity contribution in [2.75, 3.05) is 6.54 Å². The van der Waals surface area contributed by atoms with Gasteiger partial charge >= 0.3 is 0 Å². The Morgan fingerprint density at radius 3 is 2.36 bits per heavy atom. The Morgan fingerprint density at radius 2 is 1.79 bits per heavy atom. The Morgan fingerprint density at radius 1 is 1.14 bits per heavy atom. The minimum atomic E-state index is 0.241. The van der Waals surface area contributed by atoms with E-state index < -0.39 is 0 Å². The molecule has 1 aromatic carbocycles. The Labute approximate surface area is 87.3 Å². The number of benzene rings is 1. The molecule has 0 fully saturated rings. The van der Waals surface area contributed by atoms with Crippen LogP contribution in [-0.2, 0) is 11.8 Å². The van der Waals surface area contributed by atoms with E-state index in [1.165, 1.54) is 11.1 Å². The molecule has 0 heterocycles. The van der Waals surface area contributed by atoms with Crippen molar-refractivity contribution in [3.05, 3.63) is 35.4 Å². The number of hydrogen-bond acceptors (Lipinski definition) is 1. The van der Waals surface area contributed by atoms with Crippen molar-refractivity contribution in [3.8, 4) is 0 Å². The Balaban J connectivity index is 2.92. The predicted molar refractivity (Wildman–Crippen MR) is 62.5 cm³/mol. The van der Waals surface area contributed by atoms with Crippen molar-refractivity contribution < 1.29 is 0 Å². The topological polar surface area (TPSA) is 26.0 Å². The number of nitrogens with two attached hydrogens (primary N) is 1. The predicted octanol–water partition coefficient (Wildman–Crippen LogP) is 2.88. The van der Waals surface area contributed by atoms with E-state index >= 15 is 0 Å². The average Bonchev–Trinajstić information content (AvgIpc) is 2.14. The minimum Gasteiger partial charge on any atom is -0.330 e. The van der Waals surface area contributed by atoms with Crippen molar-refractivity contribution in [3.63, 3.8) is 0 Å². The van der Waals surface area contributed by atoms with Gasteiger partial charge in [0.25, 0.3) is 0 Å². The van der Waals surface area contributed by atoms with E-state index in [1.54, 1.807) is 0 Å². The van der Waals surface area contributed by atoms with Gasteiger partial charge in [0.05, 0.1) is 0 Å². The zero-order valence-corrected chi connectivity index (χ0v) is 9.51. The lowest BCUT2D eigenvalue weighted by molar-refractivity contribution is 0.580. The highest BCUT2D eigenvalue weighted by Crippen LogP contribution is 2.26. The lowest BCUT2D eigenvalue weighted by atomic mass is 9.83. The van der Waals surface area contributed by atoms with E-state index in [1.807, 2.05) is 0 Å². The molecule has 0 unspecified atom stereocenters. The molecule has 0 aromatic heterocycles. The third kappa shape index (κ3) is 2.85. The van der Waals surface area contributed by atoms with E-state index in [0.717, 1.165) is 19.4 Å². The van der Waals surface area contributed by atoms with Crippen LogP contribution in [0.1, 0.15) is 38.3 Å². The van der Waals surface area contributed by atoms with Crippen LogP contribution in [0.2, 0.25) is 0 Å². The van der Waals surface area contributed by atoms with Gasteiger partial charge in [0, 0.05) is 0 Å². The molecule has 0 saturated carbocycles. The highest BCUT2D eigenvalue weighted by molar-refractivity contribution is 5.32. The van der Waals surface area contributed by atoms with Crippen molar-refractivity contribution in [2.45, 2.75) is 39.0 Å². The van der Waals surface area contributed by atoms with Gasteiger partial charge in [0.1, 0.15) is 0 Å². The van der Waals surface area contributed by atoms with Crippen molar-refractivity contribution >= 4 is 0 Å². The zero-order valence-electron chi connectivity index (χ0n) is 9.51. The van der Waals surface area contributed by atoms with Crippen LogP contribution in [0.15, 0.2) is 24.3 Å². The normalized spacial score (nSPS) is 11.7. The van der Waals surface area contributed by atoms with Crippen molar-refractivity contribution in [1.29, 1.82) is 0 Å².